The first-order chi connectivity index (χ1) is 8.06. The normalized spacial score (nSPS) is 12.1. The Kier molecular flexibility index (Phi) is 10.3. The minimum Gasteiger partial charge on any atom is -0.370 e. The van der Waals surface area contributed by atoms with Crippen molar-refractivity contribution in [2.24, 2.45) is 0 Å². The first-order valence-corrected chi connectivity index (χ1v) is 7.73. The van der Waals surface area contributed by atoms with Gasteiger partial charge in [-0.05, 0) is 18.9 Å². The lowest BCUT2D eigenvalue weighted by molar-refractivity contribution is 0.355. The van der Waals surface area contributed by atoms with E-state index in [4.69, 9.17) is 4.55 Å². The Bertz CT molecular complexity index is 283. The summed E-state index contributed by atoms with van der Waals surface area (Å²) in [7, 11) is -4.32. The molecule has 102 valence electrons. The van der Waals surface area contributed by atoms with Crippen LogP contribution in [-0.2, 0) is 14.6 Å². The van der Waals surface area contributed by atoms with Gasteiger partial charge in [0.25, 0.3) is 0 Å². The summed E-state index contributed by atoms with van der Waals surface area (Å²) in [6.07, 6.45) is 13.4. The van der Waals surface area contributed by atoms with E-state index in [9.17, 15) is 8.42 Å². The van der Waals surface area contributed by atoms with Gasteiger partial charge in [-0.15, -0.1) is 0 Å². The Morgan fingerprint density at radius 3 is 2.06 bits per heavy atom. The highest BCUT2D eigenvalue weighted by Gasteiger charge is 1.98. The highest BCUT2D eigenvalue weighted by atomic mass is 32.3. The molecule has 5 heteroatoms. The Hall–Kier alpha value is -0.550. The summed E-state index contributed by atoms with van der Waals surface area (Å²) in [5, 5.41) is 0. The average Bonchev–Trinajstić information content (AvgIpc) is 2.24. The molecule has 0 aliphatic rings. The van der Waals surface area contributed by atoms with Gasteiger partial charge in [0.05, 0.1) is 0 Å². The van der Waals surface area contributed by atoms with Gasteiger partial charge in [0.1, 0.15) is 6.26 Å². The third kappa shape index (κ3) is 15.4. The maximum absolute atomic E-state index is 10.2. The topological polar surface area (TPSA) is 63.6 Å². The minimum atomic E-state index is -4.32. The van der Waals surface area contributed by atoms with Crippen molar-refractivity contribution in [1.29, 1.82) is 0 Å². The fraction of sp³-hybridized carbons (Fsp3) is 0.833. The van der Waals surface area contributed by atoms with Crippen molar-refractivity contribution in [3.05, 3.63) is 12.3 Å². The molecule has 0 aromatic carbocycles. The predicted molar refractivity (Wildman–Crippen MR) is 69.0 cm³/mol. The lowest BCUT2D eigenvalue weighted by Crippen LogP contribution is -1.96. The summed E-state index contributed by atoms with van der Waals surface area (Å²) in [5.74, 6) is 0. The highest BCUT2D eigenvalue weighted by Crippen LogP contribution is 2.09. The lowest BCUT2D eigenvalue weighted by Gasteiger charge is -1.99. The van der Waals surface area contributed by atoms with E-state index in [1.165, 1.54) is 38.5 Å². The number of rotatable bonds is 11. The van der Waals surface area contributed by atoms with E-state index >= 15 is 0 Å². The Balaban J connectivity index is 3.18. The Morgan fingerprint density at radius 2 is 1.53 bits per heavy atom. The fourth-order valence-corrected chi connectivity index (χ4v) is 1.79. The maximum atomic E-state index is 10.2. The van der Waals surface area contributed by atoms with Crippen LogP contribution in [0.15, 0.2) is 12.3 Å². The van der Waals surface area contributed by atoms with Gasteiger partial charge in [-0.3, -0.25) is 4.55 Å². The van der Waals surface area contributed by atoms with E-state index in [2.05, 4.69) is 11.1 Å². The molecule has 0 saturated carbocycles. The molecule has 0 amide bonds. The molecule has 1 N–H and O–H groups in total. The zero-order valence-corrected chi connectivity index (χ0v) is 11.4. The van der Waals surface area contributed by atoms with Gasteiger partial charge >= 0.3 is 10.4 Å². The van der Waals surface area contributed by atoms with Gasteiger partial charge in [0, 0.05) is 0 Å². The van der Waals surface area contributed by atoms with Crippen molar-refractivity contribution < 1.29 is 17.2 Å². The molecule has 0 fully saturated rings. The van der Waals surface area contributed by atoms with Crippen molar-refractivity contribution in [2.45, 2.75) is 64.7 Å². The molecule has 0 aromatic rings. The van der Waals surface area contributed by atoms with Crippen LogP contribution in [0.4, 0.5) is 0 Å². The van der Waals surface area contributed by atoms with Crippen LogP contribution in [0.25, 0.3) is 0 Å². The molecular formula is C12H24O4S. The molecule has 4 nitrogen and oxygen atoms in total. The van der Waals surface area contributed by atoms with Gasteiger partial charge in [-0.1, -0.05) is 51.9 Å². The fourth-order valence-electron chi connectivity index (χ4n) is 1.57. The molecule has 0 radical (unpaired) electrons. The van der Waals surface area contributed by atoms with E-state index in [0.29, 0.717) is 0 Å². The number of unbranched alkanes of at least 4 members (excludes halogenated alkanes) is 8. The van der Waals surface area contributed by atoms with Gasteiger partial charge < -0.3 is 4.18 Å². The molecule has 0 aromatic heterocycles. The molecule has 0 aliphatic heterocycles. The third-order valence-electron chi connectivity index (χ3n) is 2.50. The molecule has 0 spiro atoms. The van der Waals surface area contributed by atoms with Crippen LogP contribution >= 0.6 is 0 Å². The SMILES string of the molecule is CCCCCCCCCC/C=C/OS(=O)(=O)O. The summed E-state index contributed by atoms with van der Waals surface area (Å²) in [5.41, 5.74) is 0. The van der Waals surface area contributed by atoms with E-state index in [1.54, 1.807) is 6.08 Å². The molecule has 0 saturated heterocycles. The van der Waals surface area contributed by atoms with Crippen LogP contribution in [0.1, 0.15) is 64.7 Å². The summed E-state index contributed by atoms with van der Waals surface area (Å²) in [6, 6.07) is 0. The summed E-state index contributed by atoms with van der Waals surface area (Å²) in [4.78, 5) is 0. The number of hydrogen-bond donors (Lipinski definition) is 1. The molecule has 0 aliphatic carbocycles. The van der Waals surface area contributed by atoms with Gasteiger partial charge in [-0.25, -0.2) is 0 Å². The minimum absolute atomic E-state index is 0.782. The number of allylic oxidation sites excluding steroid dienone is 1. The van der Waals surface area contributed by atoms with Gasteiger partial charge in [0.2, 0.25) is 0 Å². The summed E-state index contributed by atoms with van der Waals surface area (Å²) >= 11 is 0. The molecule has 0 heterocycles. The second kappa shape index (κ2) is 10.6. The van der Waals surface area contributed by atoms with Crippen LogP contribution in [0.5, 0.6) is 0 Å². The summed E-state index contributed by atoms with van der Waals surface area (Å²) < 4.78 is 32.7. The van der Waals surface area contributed by atoms with Crippen molar-refractivity contribution in [3.63, 3.8) is 0 Å². The zero-order valence-electron chi connectivity index (χ0n) is 10.6. The monoisotopic (exact) mass is 264 g/mol. The molecule has 0 rings (SSSR count). The van der Waals surface area contributed by atoms with E-state index in [1.807, 2.05) is 0 Å². The zero-order chi connectivity index (χ0) is 13.0. The standard InChI is InChI=1S/C12H24O4S/c1-2-3-4-5-6-7-8-9-10-11-12-16-17(13,14)15/h11-12H,2-10H2,1H3,(H,13,14,15)/b12-11+. The second-order valence-corrected chi connectivity index (χ2v) is 5.21. The summed E-state index contributed by atoms with van der Waals surface area (Å²) in [6.45, 7) is 2.21. The highest BCUT2D eigenvalue weighted by molar-refractivity contribution is 7.81. The van der Waals surface area contributed by atoms with E-state index in [-0.39, 0.29) is 0 Å². The number of hydrogen-bond acceptors (Lipinski definition) is 3. The van der Waals surface area contributed by atoms with E-state index in [0.717, 1.165) is 25.5 Å². The lowest BCUT2D eigenvalue weighted by atomic mass is 10.1. The van der Waals surface area contributed by atoms with Crippen LogP contribution in [0, 0.1) is 0 Å². The predicted octanol–water partition coefficient (Wildman–Crippen LogP) is 3.85. The van der Waals surface area contributed by atoms with E-state index < -0.39 is 10.4 Å². The molecule has 0 atom stereocenters. The molecule has 17 heavy (non-hydrogen) atoms. The Morgan fingerprint density at radius 1 is 1.00 bits per heavy atom. The molecular weight excluding hydrogens is 240 g/mol. The van der Waals surface area contributed by atoms with Crippen LogP contribution in [0.3, 0.4) is 0 Å². The largest absolute Gasteiger partial charge is 0.445 e. The molecule has 0 unspecified atom stereocenters. The van der Waals surface area contributed by atoms with Crippen molar-refractivity contribution in [1.82, 2.24) is 0 Å². The second-order valence-electron chi connectivity index (χ2n) is 4.16. The van der Waals surface area contributed by atoms with Crippen LogP contribution in [-0.4, -0.2) is 13.0 Å². The van der Waals surface area contributed by atoms with Crippen molar-refractivity contribution in [2.75, 3.05) is 0 Å². The maximum Gasteiger partial charge on any atom is 0.445 e. The Labute approximate surface area is 105 Å². The van der Waals surface area contributed by atoms with Crippen LogP contribution in [0.2, 0.25) is 0 Å². The van der Waals surface area contributed by atoms with Crippen molar-refractivity contribution in [3.8, 4) is 0 Å². The van der Waals surface area contributed by atoms with Gasteiger partial charge in [0.15, 0.2) is 0 Å². The smallest absolute Gasteiger partial charge is 0.370 e. The molecule has 0 bridgehead atoms. The van der Waals surface area contributed by atoms with Crippen molar-refractivity contribution >= 4 is 10.4 Å². The van der Waals surface area contributed by atoms with Crippen LogP contribution < -0.4 is 0 Å². The quantitative estimate of drug-likeness (QED) is 0.350. The first-order valence-electron chi connectivity index (χ1n) is 6.37. The average molecular weight is 264 g/mol. The van der Waals surface area contributed by atoms with Gasteiger partial charge in [-0.2, -0.15) is 8.42 Å². The first kappa shape index (κ1) is 16.4. The third-order valence-corrected chi connectivity index (χ3v) is 2.85.